The van der Waals surface area contributed by atoms with Crippen molar-refractivity contribution in [2.45, 2.75) is 24.5 Å². The summed E-state index contributed by atoms with van der Waals surface area (Å²) in [6, 6.07) is 14.9. The Labute approximate surface area is 219 Å². The zero-order valence-corrected chi connectivity index (χ0v) is 22.0. The molecule has 10 nitrogen and oxygen atoms in total. The second-order valence-corrected chi connectivity index (χ2v) is 11.0. The van der Waals surface area contributed by atoms with Crippen molar-refractivity contribution < 1.29 is 26.7 Å². The Kier molecular flexibility index (Phi) is 7.09. The lowest BCUT2D eigenvalue weighted by Gasteiger charge is -2.30. The van der Waals surface area contributed by atoms with Gasteiger partial charge in [0.15, 0.2) is 5.76 Å². The second-order valence-electron chi connectivity index (χ2n) is 9.02. The van der Waals surface area contributed by atoms with Crippen molar-refractivity contribution in [3.63, 3.8) is 0 Å². The number of ether oxygens (including phenoxy) is 2. The third kappa shape index (κ3) is 4.96. The Bertz CT molecular complexity index is 1510. The van der Waals surface area contributed by atoms with E-state index in [9.17, 15) is 12.8 Å². The molecule has 0 amide bonds. The first-order chi connectivity index (χ1) is 18.3. The Morgan fingerprint density at radius 1 is 1.03 bits per heavy atom. The molecule has 3 heterocycles. The first-order valence-corrected chi connectivity index (χ1v) is 13.6. The van der Waals surface area contributed by atoms with Gasteiger partial charge in [0.1, 0.15) is 28.8 Å². The monoisotopic (exact) mass is 541 g/mol. The number of methoxy groups -OCH3 is 2. The van der Waals surface area contributed by atoms with Crippen molar-refractivity contribution in [2.75, 3.05) is 32.0 Å². The topological polar surface area (TPSA) is 121 Å². The number of para-hydroxylation sites is 1. The molecular weight excluding hydrogens is 513 g/mol. The van der Waals surface area contributed by atoms with Gasteiger partial charge in [-0.2, -0.15) is 0 Å². The summed E-state index contributed by atoms with van der Waals surface area (Å²) in [6.45, 7) is 2.64. The molecule has 12 heteroatoms. The number of anilines is 1. The Morgan fingerprint density at radius 3 is 2.37 bits per heavy atom. The van der Waals surface area contributed by atoms with Crippen LogP contribution in [-0.2, 0) is 10.0 Å². The average Bonchev–Trinajstić information content (AvgIpc) is 3.54. The molecule has 1 fully saturated rings. The Hall–Kier alpha value is -3.90. The first-order valence-electron chi connectivity index (χ1n) is 12.0. The number of hydrogen-bond donors (Lipinski definition) is 2. The van der Waals surface area contributed by atoms with Crippen molar-refractivity contribution in [3.8, 4) is 28.8 Å². The number of benzene rings is 2. The molecule has 0 spiro atoms. The lowest BCUT2D eigenvalue weighted by atomic mass is 9.91. The molecule has 0 bridgehead atoms. The van der Waals surface area contributed by atoms with E-state index in [4.69, 9.17) is 13.9 Å². The number of furan rings is 1. The van der Waals surface area contributed by atoms with Crippen LogP contribution in [-0.4, -0.2) is 55.7 Å². The predicted octanol–water partition coefficient (Wildman–Crippen LogP) is 3.88. The van der Waals surface area contributed by atoms with Crippen molar-refractivity contribution in [1.29, 1.82) is 0 Å². The van der Waals surface area contributed by atoms with Gasteiger partial charge in [-0.05, 0) is 61.2 Å². The minimum Gasteiger partial charge on any atom is -0.494 e. The third-order valence-electron chi connectivity index (χ3n) is 6.57. The summed E-state index contributed by atoms with van der Waals surface area (Å²) >= 11 is 0. The fourth-order valence-electron chi connectivity index (χ4n) is 4.67. The lowest BCUT2D eigenvalue weighted by molar-refractivity contribution is 0.391. The van der Waals surface area contributed by atoms with E-state index >= 15 is 0 Å². The van der Waals surface area contributed by atoms with Crippen LogP contribution in [0.4, 0.5) is 10.3 Å². The number of hydrogen-bond acceptors (Lipinski definition) is 8. The first kappa shape index (κ1) is 25.7. The number of nitrogens with one attached hydrogen (secondary N) is 2. The van der Waals surface area contributed by atoms with E-state index in [2.05, 4.69) is 20.2 Å². The smallest absolute Gasteiger partial charge is 0.243 e. The number of nitrogens with zero attached hydrogens (tertiary/aromatic N) is 3. The van der Waals surface area contributed by atoms with Gasteiger partial charge >= 0.3 is 0 Å². The summed E-state index contributed by atoms with van der Waals surface area (Å²) in [7, 11) is -0.928. The standard InChI is InChI=1S/C26H28FN5O5S/c1-16-7-12-23(37-16)25-29-30-26(32(25)24-21(35-2)5-4-6-22(24)36-3)31-38(33,34)20-13-18(14-28-15-20)17-8-10-19(27)11-9-17/h4-12,18,20,28H,13-15H2,1-3H3,(H,30,31)/t18-,20+/m0/s1. The second kappa shape index (κ2) is 10.5. The molecule has 0 aliphatic carbocycles. The molecule has 1 saturated heterocycles. The van der Waals surface area contributed by atoms with Gasteiger partial charge in [-0.25, -0.2) is 12.8 Å². The zero-order chi connectivity index (χ0) is 26.9. The maximum absolute atomic E-state index is 13.7. The highest BCUT2D eigenvalue weighted by molar-refractivity contribution is 7.93. The predicted molar refractivity (Wildman–Crippen MR) is 140 cm³/mol. The minimum atomic E-state index is -3.94. The van der Waals surface area contributed by atoms with Gasteiger partial charge < -0.3 is 19.2 Å². The number of aromatic nitrogens is 3. The van der Waals surface area contributed by atoms with Crippen LogP contribution in [0.5, 0.6) is 11.5 Å². The highest BCUT2D eigenvalue weighted by atomic mass is 32.2. The third-order valence-corrected chi connectivity index (χ3v) is 8.28. The van der Waals surface area contributed by atoms with Crippen LogP contribution in [0.1, 0.15) is 23.7 Å². The van der Waals surface area contributed by atoms with Crippen LogP contribution in [0.3, 0.4) is 0 Å². The molecule has 0 unspecified atom stereocenters. The maximum Gasteiger partial charge on any atom is 0.243 e. The molecule has 200 valence electrons. The highest BCUT2D eigenvalue weighted by Crippen LogP contribution is 2.38. The molecule has 1 aliphatic heterocycles. The van der Waals surface area contributed by atoms with Gasteiger partial charge in [0, 0.05) is 13.1 Å². The summed E-state index contributed by atoms with van der Waals surface area (Å²) in [4.78, 5) is 0. The summed E-state index contributed by atoms with van der Waals surface area (Å²) in [5.41, 5.74) is 1.28. The van der Waals surface area contributed by atoms with Gasteiger partial charge in [-0.1, -0.05) is 18.2 Å². The fourth-order valence-corrected chi connectivity index (χ4v) is 6.04. The summed E-state index contributed by atoms with van der Waals surface area (Å²) in [6.07, 6.45) is 0.352. The molecule has 2 atom stereocenters. The minimum absolute atomic E-state index is 0.0410. The molecule has 38 heavy (non-hydrogen) atoms. The van der Waals surface area contributed by atoms with E-state index in [0.717, 1.165) is 5.56 Å². The van der Waals surface area contributed by atoms with E-state index in [0.29, 0.717) is 41.7 Å². The van der Waals surface area contributed by atoms with Gasteiger partial charge in [0.25, 0.3) is 0 Å². The SMILES string of the molecule is COc1cccc(OC)c1-n1c(NS(=O)(=O)[C@H]2CNC[C@@H](c3ccc(F)cc3)C2)nnc1-c1ccc(C)o1. The van der Waals surface area contributed by atoms with Crippen molar-refractivity contribution in [1.82, 2.24) is 20.1 Å². The fraction of sp³-hybridized carbons (Fsp3) is 0.308. The molecule has 2 N–H and O–H groups in total. The summed E-state index contributed by atoms with van der Waals surface area (Å²) in [5.74, 6) is 1.68. The van der Waals surface area contributed by atoms with Crippen LogP contribution in [0.25, 0.3) is 17.3 Å². The zero-order valence-electron chi connectivity index (χ0n) is 21.1. The van der Waals surface area contributed by atoms with Crippen LogP contribution < -0.4 is 19.5 Å². The number of rotatable bonds is 8. The molecular formula is C26H28FN5O5S. The van der Waals surface area contributed by atoms with Gasteiger partial charge in [0.2, 0.25) is 21.8 Å². The van der Waals surface area contributed by atoms with Crippen LogP contribution in [0.15, 0.2) is 59.0 Å². The molecule has 2 aromatic carbocycles. The van der Waals surface area contributed by atoms with Gasteiger partial charge in [-0.15, -0.1) is 10.2 Å². The van der Waals surface area contributed by atoms with E-state index in [1.807, 2.05) is 0 Å². The quantitative estimate of drug-likeness (QED) is 0.345. The molecule has 2 aromatic heterocycles. The van der Waals surface area contributed by atoms with E-state index < -0.39 is 15.3 Å². The lowest BCUT2D eigenvalue weighted by Crippen LogP contribution is -2.44. The van der Waals surface area contributed by atoms with Crippen molar-refractivity contribution >= 4 is 16.0 Å². The van der Waals surface area contributed by atoms with Crippen LogP contribution >= 0.6 is 0 Å². The summed E-state index contributed by atoms with van der Waals surface area (Å²) in [5, 5.41) is 10.9. The van der Waals surface area contributed by atoms with Crippen molar-refractivity contribution in [3.05, 3.63) is 71.7 Å². The molecule has 0 saturated carbocycles. The number of sulfonamides is 1. The number of piperidine rings is 1. The number of aryl methyl sites for hydroxylation is 1. The van der Waals surface area contributed by atoms with E-state index in [1.54, 1.807) is 49.4 Å². The molecule has 1 aliphatic rings. The summed E-state index contributed by atoms with van der Waals surface area (Å²) < 4.78 is 61.8. The molecule has 4 aromatic rings. The molecule has 0 radical (unpaired) electrons. The van der Waals surface area contributed by atoms with Crippen molar-refractivity contribution in [2.24, 2.45) is 0 Å². The Balaban J connectivity index is 1.54. The van der Waals surface area contributed by atoms with Crippen LogP contribution in [0.2, 0.25) is 0 Å². The number of halogens is 1. The largest absolute Gasteiger partial charge is 0.494 e. The molecule has 5 rings (SSSR count). The highest BCUT2D eigenvalue weighted by Gasteiger charge is 2.35. The van der Waals surface area contributed by atoms with Crippen LogP contribution in [0, 0.1) is 12.7 Å². The maximum atomic E-state index is 13.7. The van der Waals surface area contributed by atoms with E-state index in [-0.39, 0.29) is 30.1 Å². The average molecular weight is 542 g/mol. The van der Waals surface area contributed by atoms with Gasteiger partial charge in [-0.3, -0.25) is 9.29 Å². The van der Waals surface area contributed by atoms with E-state index in [1.165, 1.54) is 30.9 Å². The normalized spacial score (nSPS) is 17.8. The van der Waals surface area contributed by atoms with Gasteiger partial charge in [0.05, 0.1) is 19.5 Å². The Morgan fingerprint density at radius 2 is 1.74 bits per heavy atom.